The molecule has 0 radical (unpaired) electrons. The zero-order valence-electron chi connectivity index (χ0n) is 20.2. The molecule has 3 fully saturated rings. The van der Waals surface area contributed by atoms with Gasteiger partial charge in [0, 0.05) is 29.5 Å². The van der Waals surface area contributed by atoms with E-state index in [9.17, 15) is 30.7 Å². The van der Waals surface area contributed by atoms with Crippen LogP contribution >= 0.6 is 0 Å². The van der Waals surface area contributed by atoms with Crippen molar-refractivity contribution in [1.29, 1.82) is 0 Å². The molecule has 0 aliphatic carbocycles. The average molecular weight is 540 g/mol. The number of ether oxygens (including phenoxy) is 3. The van der Waals surface area contributed by atoms with Crippen LogP contribution in [0.15, 0.2) is 48.5 Å². The fourth-order valence-corrected chi connectivity index (χ4v) is 5.18. The average Bonchev–Trinajstić information content (AvgIpc) is 2.87. The van der Waals surface area contributed by atoms with E-state index in [1.165, 1.54) is 0 Å². The van der Waals surface area contributed by atoms with Crippen LogP contribution in [0, 0.1) is 34.5 Å². The summed E-state index contributed by atoms with van der Waals surface area (Å²) in [6, 6.07) is 8.24. The summed E-state index contributed by atoms with van der Waals surface area (Å²) in [6.07, 6.45) is -0.996. The van der Waals surface area contributed by atoms with Crippen molar-refractivity contribution in [3.05, 3.63) is 88.7 Å². The first-order valence-corrected chi connectivity index (χ1v) is 12.1. The Hall–Kier alpha value is -3.11. The molecule has 0 saturated carbocycles. The highest BCUT2D eigenvalue weighted by Gasteiger charge is 2.51. The monoisotopic (exact) mass is 540 g/mol. The predicted molar refractivity (Wildman–Crippen MR) is 123 cm³/mol. The standard InChI is InChI=1S/C28H23F7O3/c1-2-7-26-8-9-27(36-14-26,37-15-26)18-5-3-16(4-6-18)17-10-20(29)24(21(30)11-17)28(34,35)38-19-12-22(31)25(33)23(32)13-19/h3-6,10-13H,2,7-9,14-15H2,1H3. The van der Waals surface area contributed by atoms with Crippen LogP contribution in [0.25, 0.3) is 11.1 Å². The molecule has 0 amide bonds. The number of alkyl halides is 2. The maximum absolute atomic E-state index is 14.8. The Morgan fingerprint density at radius 1 is 0.789 bits per heavy atom. The van der Waals surface area contributed by atoms with Gasteiger partial charge in [0.2, 0.25) is 0 Å². The van der Waals surface area contributed by atoms with Crippen LogP contribution in [-0.4, -0.2) is 13.2 Å². The van der Waals surface area contributed by atoms with E-state index in [4.69, 9.17) is 9.47 Å². The first kappa shape index (κ1) is 26.5. The normalized spacial score (nSPS) is 23.1. The van der Waals surface area contributed by atoms with Gasteiger partial charge in [-0.2, -0.15) is 8.78 Å². The van der Waals surface area contributed by atoms with Crippen molar-refractivity contribution in [3.63, 3.8) is 0 Å². The van der Waals surface area contributed by atoms with Crippen LogP contribution < -0.4 is 4.74 Å². The molecular formula is C28H23F7O3. The lowest BCUT2D eigenvalue weighted by molar-refractivity contribution is -0.351. The van der Waals surface area contributed by atoms with Gasteiger partial charge in [0.25, 0.3) is 0 Å². The summed E-state index contributed by atoms with van der Waals surface area (Å²) in [5, 5.41) is 0. The van der Waals surface area contributed by atoms with E-state index in [1.54, 1.807) is 24.3 Å². The molecule has 38 heavy (non-hydrogen) atoms. The van der Waals surface area contributed by atoms with E-state index in [0.717, 1.165) is 24.8 Å². The molecule has 2 bridgehead atoms. The van der Waals surface area contributed by atoms with Crippen molar-refractivity contribution >= 4 is 0 Å². The van der Waals surface area contributed by atoms with Crippen LogP contribution in [0.4, 0.5) is 30.7 Å². The zero-order chi connectivity index (χ0) is 27.3. The third-order valence-electron chi connectivity index (χ3n) is 7.18. The van der Waals surface area contributed by atoms with Gasteiger partial charge in [-0.25, -0.2) is 22.0 Å². The van der Waals surface area contributed by atoms with E-state index in [-0.39, 0.29) is 23.1 Å². The molecule has 0 atom stereocenters. The van der Waals surface area contributed by atoms with Crippen LogP contribution in [0.2, 0.25) is 0 Å². The molecule has 202 valence electrons. The molecule has 0 N–H and O–H groups in total. The van der Waals surface area contributed by atoms with Gasteiger partial charge in [-0.1, -0.05) is 37.6 Å². The second-order valence-electron chi connectivity index (χ2n) is 9.79. The van der Waals surface area contributed by atoms with E-state index < -0.39 is 52.3 Å². The summed E-state index contributed by atoms with van der Waals surface area (Å²) in [7, 11) is 0. The van der Waals surface area contributed by atoms with Gasteiger partial charge in [0.1, 0.15) is 22.9 Å². The minimum Gasteiger partial charge on any atom is -0.429 e. The summed E-state index contributed by atoms with van der Waals surface area (Å²) in [5.41, 5.74) is -0.684. The molecule has 3 aromatic rings. The highest BCUT2D eigenvalue weighted by atomic mass is 19.3. The Morgan fingerprint density at radius 2 is 1.37 bits per heavy atom. The number of hydrogen-bond donors (Lipinski definition) is 0. The lowest BCUT2D eigenvalue weighted by Crippen LogP contribution is -2.53. The van der Waals surface area contributed by atoms with Crippen molar-refractivity contribution in [2.75, 3.05) is 13.2 Å². The number of rotatable bonds is 7. The SMILES string of the molecule is CCCC12CCC(c3ccc(-c4cc(F)c(C(F)(F)Oc5cc(F)c(F)c(F)c5)c(F)c4)cc3)(OC1)OC2. The highest BCUT2D eigenvalue weighted by Crippen LogP contribution is 2.51. The van der Waals surface area contributed by atoms with Gasteiger partial charge in [-0.3, -0.25) is 0 Å². The van der Waals surface area contributed by atoms with E-state index in [0.29, 0.717) is 37.3 Å². The second kappa shape index (κ2) is 9.57. The van der Waals surface area contributed by atoms with Crippen LogP contribution in [0.5, 0.6) is 5.75 Å². The lowest BCUT2D eigenvalue weighted by atomic mass is 9.74. The van der Waals surface area contributed by atoms with E-state index >= 15 is 0 Å². The Morgan fingerprint density at radius 3 is 1.87 bits per heavy atom. The molecule has 3 aromatic carbocycles. The Kier molecular flexibility index (Phi) is 6.67. The van der Waals surface area contributed by atoms with E-state index in [2.05, 4.69) is 11.7 Å². The van der Waals surface area contributed by atoms with Crippen molar-refractivity contribution in [1.82, 2.24) is 0 Å². The molecule has 3 aliphatic rings. The summed E-state index contributed by atoms with van der Waals surface area (Å²) in [4.78, 5) is 0. The number of benzene rings is 3. The van der Waals surface area contributed by atoms with Crippen molar-refractivity contribution in [2.45, 2.75) is 44.5 Å². The number of halogens is 7. The Bertz CT molecular complexity index is 1290. The quantitative estimate of drug-likeness (QED) is 0.225. The molecular weight excluding hydrogens is 517 g/mol. The smallest absolute Gasteiger partial charge is 0.429 e. The fraction of sp³-hybridized carbons (Fsp3) is 0.357. The molecule has 3 heterocycles. The number of fused-ring (bicyclic) bond motifs is 3. The summed E-state index contributed by atoms with van der Waals surface area (Å²) >= 11 is 0. The van der Waals surface area contributed by atoms with Crippen LogP contribution in [0.1, 0.15) is 43.7 Å². The van der Waals surface area contributed by atoms with E-state index in [1.807, 2.05) is 0 Å². The molecule has 0 spiro atoms. The largest absolute Gasteiger partial charge is 0.432 e. The molecule has 3 aliphatic heterocycles. The molecule has 0 aromatic heterocycles. The summed E-state index contributed by atoms with van der Waals surface area (Å²) < 4.78 is 115. The summed E-state index contributed by atoms with van der Waals surface area (Å²) in [6.45, 7) is 3.27. The van der Waals surface area contributed by atoms with Crippen molar-refractivity contribution in [3.8, 4) is 16.9 Å². The van der Waals surface area contributed by atoms with Crippen LogP contribution in [-0.2, 0) is 21.4 Å². The maximum atomic E-state index is 14.8. The first-order chi connectivity index (χ1) is 18.0. The van der Waals surface area contributed by atoms with Gasteiger partial charge >= 0.3 is 6.11 Å². The molecule has 3 saturated heterocycles. The topological polar surface area (TPSA) is 27.7 Å². The van der Waals surface area contributed by atoms with Gasteiger partial charge in [0.15, 0.2) is 23.2 Å². The van der Waals surface area contributed by atoms with Gasteiger partial charge < -0.3 is 14.2 Å². The Labute approximate surface area is 214 Å². The zero-order valence-corrected chi connectivity index (χ0v) is 20.2. The molecule has 6 rings (SSSR count). The molecule has 0 unspecified atom stereocenters. The number of hydrogen-bond acceptors (Lipinski definition) is 3. The van der Waals surface area contributed by atoms with Crippen molar-refractivity contribution in [2.24, 2.45) is 5.41 Å². The maximum Gasteiger partial charge on any atom is 0.432 e. The second-order valence-corrected chi connectivity index (χ2v) is 9.79. The first-order valence-electron chi connectivity index (χ1n) is 12.1. The van der Waals surface area contributed by atoms with Crippen molar-refractivity contribution < 1.29 is 44.9 Å². The fourth-order valence-electron chi connectivity index (χ4n) is 5.18. The molecule has 3 nitrogen and oxygen atoms in total. The van der Waals surface area contributed by atoms with Gasteiger partial charge in [0.05, 0.1) is 13.2 Å². The Balaban J connectivity index is 1.37. The lowest BCUT2D eigenvalue weighted by Gasteiger charge is -2.53. The molecule has 10 heteroatoms. The minimum atomic E-state index is -4.66. The predicted octanol–water partition coefficient (Wildman–Crippen LogP) is 7.96. The third-order valence-corrected chi connectivity index (χ3v) is 7.18. The van der Waals surface area contributed by atoms with Gasteiger partial charge in [-0.05, 0) is 36.1 Å². The highest BCUT2D eigenvalue weighted by molar-refractivity contribution is 5.64. The van der Waals surface area contributed by atoms with Gasteiger partial charge in [-0.15, -0.1) is 0 Å². The summed E-state index contributed by atoms with van der Waals surface area (Å²) in [5.74, 6) is -10.8. The minimum absolute atomic E-state index is 0.0258. The van der Waals surface area contributed by atoms with Crippen LogP contribution in [0.3, 0.4) is 0 Å². The third kappa shape index (κ3) is 4.64.